The summed E-state index contributed by atoms with van der Waals surface area (Å²) in [6, 6.07) is 11.1. The Morgan fingerprint density at radius 1 is 1.17 bits per heavy atom. The molecule has 1 N–H and O–H groups in total. The van der Waals surface area contributed by atoms with E-state index >= 15 is 0 Å². The molecule has 156 valence electrons. The maximum Gasteiger partial charge on any atom is 0.260 e. The first-order chi connectivity index (χ1) is 14.0. The molecule has 1 heterocycles. The monoisotopic (exact) mass is 418 g/mol. The zero-order valence-electron chi connectivity index (χ0n) is 17.0. The summed E-state index contributed by atoms with van der Waals surface area (Å²) < 4.78 is 16.5. The summed E-state index contributed by atoms with van der Waals surface area (Å²) in [5, 5.41) is 3.52. The van der Waals surface area contributed by atoms with Crippen LogP contribution in [0, 0.1) is 0 Å². The first-order valence-corrected chi connectivity index (χ1v) is 10.0. The number of nitrogens with zero attached hydrogens (tertiary/aromatic N) is 1. The molecule has 0 aromatic heterocycles. The maximum absolute atomic E-state index is 12.3. The van der Waals surface area contributed by atoms with Crippen molar-refractivity contribution in [3.8, 4) is 17.2 Å². The first-order valence-electron chi connectivity index (χ1n) is 9.66. The molecule has 0 saturated carbocycles. The van der Waals surface area contributed by atoms with Crippen molar-refractivity contribution in [2.75, 3.05) is 33.9 Å². The Balaban J connectivity index is 1.48. The molecule has 1 aliphatic heterocycles. The summed E-state index contributed by atoms with van der Waals surface area (Å²) in [7, 11) is 3.30. The predicted octanol–water partition coefficient (Wildman–Crippen LogP) is 3.30. The Bertz CT molecular complexity index is 859. The topological polar surface area (TPSA) is 60.0 Å². The van der Waals surface area contributed by atoms with Crippen molar-refractivity contribution >= 4 is 17.5 Å². The minimum atomic E-state index is -0.590. The molecule has 29 heavy (non-hydrogen) atoms. The van der Waals surface area contributed by atoms with E-state index in [1.807, 2.05) is 6.07 Å². The van der Waals surface area contributed by atoms with Gasteiger partial charge in [0, 0.05) is 31.2 Å². The van der Waals surface area contributed by atoms with Gasteiger partial charge in [0.05, 0.1) is 14.2 Å². The lowest BCUT2D eigenvalue weighted by Gasteiger charge is -2.29. The molecule has 1 amide bonds. The molecule has 1 atom stereocenters. The standard InChI is InChI=1S/C22H27ClN2O4/c1-15(29-19-6-4-5-18(23)13-19)22(26)24-8-10-25-9-7-16-11-20(27-2)21(28-3)12-17(16)14-25/h4-6,11-13,15H,7-10,14H2,1-3H3,(H,24,26). The number of carbonyl (C=O) groups excluding carboxylic acids is 1. The quantitative estimate of drug-likeness (QED) is 0.712. The summed E-state index contributed by atoms with van der Waals surface area (Å²) in [6.07, 6.45) is 0.352. The molecule has 7 heteroatoms. The summed E-state index contributed by atoms with van der Waals surface area (Å²) in [6.45, 7) is 4.81. The van der Waals surface area contributed by atoms with Crippen LogP contribution < -0.4 is 19.5 Å². The molecule has 0 spiro atoms. The molecule has 2 aromatic rings. The predicted molar refractivity (Wildman–Crippen MR) is 113 cm³/mol. The van der Waals surface area contributed by atoms with Crippen molar-refractivity contribution in [3.05, 3.63) is 52.5 Å². The van der Waals surface area contributed by atoms with E-state index < -0.39 is 6.10 Å². The van der Waals surface area contributed by atoms with E-state index in [2.05, 4.69) is 16.3 Å². The van der Waals surface area contributed by atoms with Crippen molar-refractivity contribution in [3.63, 3.8) is 0 Å². The fourth-order valence-corrected chi connectivity index (χ4v) is 3.59. The second-order valence-electron chi connectivity index (χ2n) is 7.01. The zero-order valence-corrected chi connectivity index (χ0v) is 17.8. The van der Waals surface area contributed by atoms with Gasteiger partial charge >= 0.3 is 0 Å². The third-order valence-electron chi connectivity index (χ3n) is 5.00. The van der Waals surface area contributed by atoms with Crippen molar-refractivity contribution < 1.29 is 19.0 Å². The molecule has 3 rings (SSSR count). The normalized spacial score (nSPS) is 14.6. The van der Waals surface area contributed by atoms with Crippen LogP contribution in [0.5, 0.6) is 17.2 Å². The van der Waals surface area contributed by atoms with Crippen LogP contribution in [0.4, 0.5) is 0 Å². The Morgan fingerprint density at radius 3 is 2.59 bits per heavy atom. The lowest BCUT2D eigenvalue weighted by atomic mass is 9.99. The van der Waals surface area contributed by atoms with Crippen molar-refractivity contribution in [1.29, 1.82) is 0 Å². The number of hydrogen-bond acceptors (Lipinski definition) is 5. The number of methoxy groups -OCH3 is 2. The van der Waals surface area contributed by atoms with Crippen molar-refractivity contribution in [2.45, 2.75) is 26.0 Å². The molecule has 0 fully saturated rings. The van der Waals surface area contributed by atoms with Gasteiger partial charge in [-0.25, -0.2) is 0 Å². The van der Waals surface area contributed by atoms with Crippen LogP contribution in [0.3, 0.4) is 0 Å². The van der Waals surface area contributed by atoms with Gasteiger partial charge in [-0.2, -0.15) is 0 Å². The summed E-state index contributed by atoms with van der Waals surface area (Å²) >= 11 is 5.95. The van der Waals surface area contributed by atoms with E-state index in [1.54, 1.807) is 45.4 Å². The van der Waals surface area contributed by atoms with Crippen LogP contribution in [0.1, 0.15) is 18.1 Å². The lowest BCUT2D eigenvalue weighted by molar-refractivity contribution is -0.127. The Morgan fingerprint density at radius 2 is 1.90 bits per heavy atom. The van der Waals surface area contributed by atoms with Crippen LogP contribution in [-0.2, 0) is 17.8 Å². The number of halogens is 1. The third kappa shape index (κ3) is 5.55. The van der Waals surface area contributed by atoms with E-state index in [0.29, 0.717) is 17.3 Å². The molecule has 2 aromatic carbocycles. The minimum absolute atomic E-state index is 0.145. The molecular weight excluding hydrogens is 392 g/mol. The number of benzene rings is 2. The van der Waals surface area contributed by atoms with Gasteiger partial charge in [0.25, 0.3) is 5.91 Å². The molecule has 1 unspecified atom stereocenters. The highest BCUT2D eigenvalue weighted by atomic mass is 35.5. The Kier molecular flexibility index (Phi) is 7.23. The average molecular weight is 419 g/mol. The number of amides is 1. The maximum atomic E-state index is 12.3. The van der Waals surface area contributed by atoms with Crippen LogP contribution >= 0.6 is 11.6 Å². The van der Waals surface area contributed by atoms with Gasteiger partial charge in [-0.3, -0.25) is 9.69 Å². The Labute approximate surface area is 176 Å². The van der Waals surface area contributed by atoms with Gasteiger partial charge in [0.2, 0.25) is 0 Å². The van der Waals surface area contributed by atoms with Crippen LogP contribution in [0.2, 0.25) is 5.02 Å². The lowest BCUT2D eigenvalue weighted by Crippen LogP contribution is -2.42. The van der Waals surface area contributed by atoms with E-state index in [-0.39, 0.29) is 5.91 Å². The summed E-state index contributed by atoms with van der Waals surface area (Å²) in [4.78, 5) is 14.6. The van der Waals surface area contributed by atoms with E-state index in [9.17, 15) is 4.79 Å². The van der Waals surface area contributed by atoms with Crippen LogP contribution in [-0.4, -0.2) is 50.8 Å². The largest absolute Gasteiger partial charge is 0.493 e. The van der Waals surface area contributed by atoms with E-state index in [4.69, 9.17) is 25.8 Å². The molecule has 0 aliphatic carbocycles. The molecule has 1 aliphatic rings. The van der Waals surface area contributed by atoms with Gasteiger partial charge in [-0.15, -0.1) is 0 Å². The van der Waals surface area contributed by atoms with Gasteiger partial charge in [0.1, 0.15) is 5.75 Å². The van der Waals surface area contributed by atoms with Gasteiger partial charge in [-0.05, 0) is 54.8 Å². The number of nitrogens with one attached hydrogen (secondary N) is 1. The fraction of sp³-hybridized carbons (Fsp3) is 0.409. The van der Waals surface area contributed by atoms with Gasteiger partial charge < -0.3 is 19.5 Å². The third-order valence-corrected chi connectivity index (χ3v) is 5.24. The Hall–Kier alpha value is -2.44. The number of rotatable bonds is 8. The van der Waals surface area contributed by atoms with Crippen molar-refractivity contribution in [1.82, 2.24) is 10.2 Å². The van der Waals surface area contributed by atoms with Crippen LogP contribution in [0.25, 0.3) is 0 Å². The first kappa shape index (κ1) is 21.3. The minimum Gasteiger partial charge on any atom is -0.493 e. The molecule has 0 saturated heterocycles. The van der Waals surface area contributed by atoms with Crippen LogP contribution in [0.15, 0.2) is 36.4 Å². The van der Waals surface area contributed by atoms with Gasteiger partial charge in [0.15, 0.2) is 17.6 Å². The number of hydrogen-bond donors (Lipinski definition) is 1. The second kappa shape index (κ2) is 9.85. The molecule has 0 radical (unpaired) electrons. The highest BCUT2D eigenvalue weighted by molar-refractivity contribution is 6.30. The fourth-order valence-electron chi connectivity index (χ4n) is 3.41. The second-order valence-corrected chi connectivity index (χ2v) is 7.45. The number of carbonyl (C=O) groups is 1. The summed E-state index contributed by atoms with van der Waals surface area (Å²) in [5.74, 6) is 1.94. The molecular formula is C22H27ClN2O4. The van der Waals surface area contributed by atoms with E-state index in [0.717, 1.165) is 37.6 Å². The van der Waals surface area contributed by atoms with E-state index in [1.165, 1.54) is 11.1 Å². The summed E-state index contributed by atoms with van der Waals surface area (Å²) in [5.41, 5.74) is 2.52. The number of fused-ring (bicyclic) bond motifs is 1. The molecule has 0 bridgehead atoms. The highest BCUT2D eigenvalue weighted by Crippen LogP contribution is 2.33. The zero-order chi connectivity index (χ0) is 20.8. The van der Waals surface area contributed by atoms with Crippen molar-refractivity contribution in [2.24, 2.45) is 0 Å². The molecule has 6 nitrogen and oxygen atoms in total. The smallest absolute Gasteiger partial charge is 0.260 e. The highest BCUT2D eigenvalue weighted by Gasteiger charge is 2.20. The average Bonchev–Trinajstić information content (AvgIpc) is 2.72. The van der Waals surface area contributed by atoms with Gasteiger partial charge in [-0.1, -0.05) is 17.7 Å². The number of ether oxygens (including phenoxy) is 3. The SMILES string of the molecule is COc1cc2c(cc1OC)CN(CCNC(=O)C(C)Oc1cccc(Cl)c1)CC2.